The lowest BCUT2D eigenvalue weighted by atomic mass is 9.81. The van der Waals surface area contributed by atoms with Crippen LogP contribution in [0.25, 0.3) is 0 Å². The zero-order chi connectivity index (χ0) is 41.8. The molecule has 0 N–H and O–H groups in total. The van der Waals surface area contributed by atoms with E-state index in [1.54, 1.807) is 0 Å². The third-order valence-corrected chi connectivity index (χ3v) is 21.4. The maximum absolute atomic E-state index is 7.83. The molecule has 5 rings (SSSR count). The lowest BCUT2D eigenvalue weighted by Crippen LogP contribution is -2.64. The fourth-order valence-corrected chi connectivity index (χ4v) is 18.0. The van der Waals surface area contributed by atoms with Gasteiger partial charge < -0.3 is 36.0 Å². The molecule has 0 aromatic rings. The van der Waals surface area contributed by atoms with E-state index in [4.69, 9.17) is 36.0 Å². The van der Waals surface area contributed by atoms with Gasteiger partial charge in [-0.05, 0) is 68.6 Å². The molecule has 340 valence electrons. The smallest absolute Gasteiger partial charge is 0.376 e. The first kappa shape index (κ1) is 49.1. The van der Waals surface area contributed by atoms with Crippen molar-refractivity contribution >= 4 is 17.6 Å². The number of methoxy groups -OCH3 is 1. The zero-order valence-electron chi connectivity index (χ0n) is 39.4. The Morgan fingerprint density at radius 3 is 1.76 bits per heavy atom. The van der Waals surface area contributed by atoms with Gasteiger partial charge in [-0.1, -0.05) is 152 Å². The minimum Gasteiger partial charge on any atom is -0.376 e. The van der Waals surface area contributed by atoms with E-state index in [9.17, 15) is 0 Å². The van der Waals surface area contributed by atoms with Crippen molar-refractivity contribution in [3.8, 4) is 0 Å². The molecule has 5 aliphatic rings. The molecule has 4 heterocycles. The summed E-state index contributed by atoms with van der Waals surface area (Å²) in [6, 6.07) is 0.867. The number of ether oxygens (including phenoxy) is 2. The van der Waals surface area contributed by atoms with E-state index in [-0.39, 0.29) is 71.3 Å². The molecule has 5 fully saturated rings. The lowest BCUT2D eigenvalue weighted by Gasteiger charge is -2.49. The molecule has 12 atom stereocenters. The third kappa shape index (κ3) is 13.8. The monoisotopic (exact) mass is 853 g/mol. The fourth-order valence-electron chi connectivity index (χ4n) is 10.8. The normalized spacial score (nSPS) is 36.2. The standard InChI is InChI=1S/C48H92O8Si2/c1-11-16-18-20-21-23-25-30-57-51-40(35-47(6,7)14-4)31-39-32-41(36-48(8,9)15-5)53-58(42(26-13-3)27-24-22-19-17-12-2)52-38-29-28-37(50-39)33-44(54-57)46(56-57)45(49-10)43(34-38)55-58/h37-46H,11-36H2,1-10H3/t37?,38?,39?,40?,41?,42?,43-,44?,45?,46?,57?,58?/m1/s1. The van der Waals surface area contributed by atoms with E-state index in [1.165, 1.54) is 70.6 Å². The van der Waals surface area contributed by atoms with Crippen molar-refractivity contribution in [2.24, 2.45) is 10.8 Å². The summed E-state index contributed by atoms with van der Waals surface area (Å²) < 4.78 is 59.7. The van der Waals surface area contributed by atoms with Crippen LogP contribution in [0.1, 0.15) is 223 Å². The fraction of sp³-hybridized carbons (Fsp3) is 1.00. The topological polar surface area (TPSA) is 73.8 Å². The molecule has 10 heteroatoms. The number of fused-ring (bicyclic) bond motifs is 5. The first-order valence-corrected chi connectivity index (χ1v) is 28.8. The summed E-state index contributed by atoms with van der Waals surface area (Å²) in [7, 11) is -4.57. The molecule has 1 aliphatic carbocycles. The van der Waals surface area contributed by atoms with Crippen molar-refractivity contribution in [2.45, 2.75) is 289 Å². The van der Waals surface area contributed by atoms with Crippen molar-refractivity contribution in [1.82, 2.24) is 0 Å². The van der Waals surface area contributed by atoms with Crippen molar-refractivity contribution in [3.63, 3.8) is 0 Å². The van der Waals surface area contributed by atoms with Crippen molar-refractivity contribution < 1.29 is 36.0 Å². The van der Waals surface area contributed by atoms with Gasteiger partial charge in [-0.3, -0.25) is 0 Å². The maximum atomic E-state index is 7.83. The largest absolute Gasteiger partial charge is 0.505 e. The van der Waals surface area contributed by atoms with E-state index < -0.39 is 17.6 Å². The van der Waals surface area contributed by atoms with Gasteiger partial charge in [0.05, 0.1) is 42.7 Å². The highest BCUT2D eigenvalue weighted by atomic mass is 28.4. The summed E-state index contributed by atoms with van der Waals surface area (Å²) in [4.78, 5) is 0. The lowest BCUT2D eigenvalue weighted by molar-refractivity contribution is -0.149. The van der Waals surface area contributed by atoms with Gasteiger partial charge in [0.15, 0.2) is 0 Å². The van der Waals surface area contributed by atoms with E-state index in [1.807, 2.05) is 7.11 Å². The van der Waals surface area contributed by atoms with E-state index >= 15 is 0 Å². The molecule has 0 amide bonds. The van der Waals surface area contributed by atoms with Crippen LogP contribution in [0.2, 0.25) is 11.6 Å². The molecular weight excluding hydrogens is 761 g/mol. The molecular formula is C48H92O8Si2. The first-order valence-electron chi connectivity index (χ1n) is 25.1. The predicted molar refractivity (Wildman–Crippen MR) is 240 cm³/mol. The Bertz CT molecular complexity index is 1170. The SMILES string of the molecule is CCCCCCCCC[Si]12OC(CC(C)(C)CC)CC3CC(CC(C)(C)CC)O[Si]4(C(CCC)CCCCCCC)OC5CCC(CC(O1)C(O2)C(OC)[C@@H](C5)O4)O3. The highest BCUT2D eigenvalue weighted by molar-refractivity contribution is 6.63. The number of hydrogen-bond acceptors (Lipinski definition) is 8. The summed E-state index contributed by atoms with van der Waals surface area (Å²) in [6.45, 7) is 21.2. The second kappa shape index (κ2) is 23.2. The van der Waals surface area contributed by atoms with Crippen LogP contribution >= 0.6 is 0 Å². The van der Waals surface area contributed by atoms with Crippen LogP contribution in [0.15, 0.2) is 0 Å². The highest BCUT2D eigenvalue weighted by Gasteiger charge is 2.63. The van der Waals surface area contributed by atoms with Gasteiger partial charge in [0.25, 0.3) is 0 Å². The van der Waals surface area contributed by atoms with Crippen LogP contribution in [0.3, 0.4) is 0 Å². The van der Waals surface area contributed by atoms with Crippen LogP contribution in [0.4, 0.5) is 0 Å². The summed E-state index contributed by atoms with van der Waals surface area (Å²) in [6.07, 6.45) is 26.6. The van der Waals surface area contributed by atoms with Gasteiger partial charge in [0.1, 0.15) is 12.2 Å². The van der Waals surface area contributed by atoms with Gasteiger partial charge in [-0.2, -0.15) is 0 Å². The van der Waals surface area contributed by atoms with Crippen LogP contribution in [-0.4, -0.2) is 79.7 Å². The summed E-state index contributed by atoms with van der Waals surface area (Å²) >= 11 is 0. The van der Waals surface area contributed by atoms with E-state index in [0.29, 0.717) is 0 Å². The third-order valence-electron chi connectivity index (χ3n) is 14.9. The number of unbranched alkanes of at least 4 members (excludes halogenated alkanes) is 10. The Kier molecular flexibility index (Phi) is 19.6. The minimum atomic E-state index is -3.30. The van der Waals surface area contributed by atoms with Gasteiger partial charge in [-0.25, -0.2) is 0 Å². The van der Waals surface area contributed by atoms with Crippen molar-refractivity contribution in [3.05, 3.63) is 0 Å². The average molecular weight is 853 g/mol. The number of hydrogen-bond donors (Lipinski definition) is 0. The Labute approximate surface area is 359 Å². The van der Waals surface area contributed by atoms with E-state index in [2.05, 4.69) is 62.3 Å². The summed E-state index contributed by atoms with van der Waals surface area (Å²) in [5, 5.41) is 0. The van der Waals surface area contributed by atoms with Crippen LogP contribution < -0.4 is 0 Å². The van der Waals surface area contributed by atoms with Gasteiger partial charge >= 0.3 is 17.6 Å². The van der Waals surface area contributed by atoms with Crippen molar-refractivity contribution in [2.75, 3.05) is 7.11 Å². The summed E-state index contributed by atoms with van der Waals surface area (Å²) in [5.74, 6) is 0. The Morgan fingerprint density at radius 1 is 0.552 bits per heavy atom. The zero-order valence-corrected chi connectivity index (χ0v) is 41.4. The van der Waals surface area contributed by atoms with Crippen molar-refractivity contribution in [1.29, 1.82) is 0 Å². The molecule has 4 aliphatic heterocycles. The van der Waals surface area contributed by atoms with Gasteiger partial charge in [0, 0.05) is 31.5 Å². The maximum Gasteiger partial charge on any atom is 0.505 e. The molecule has 8 nitrogen and oxygen atoms in total. The van der Waals surface area contributed by atoms with Crippen LogP contribution in [0.5, 0.6) is 0 Å². The molecule has 0 radical (unpaired) electrons. The van der Waals surface area contributed by atoms with E-state index in [0.717, 1.165) is 95.9 Å². The molecule has 1 saturated carbocycles. The minimum absolute atomic E-state index is 0.00155. The molecule has 4 saturated heterocycles. The van der Waals surface area contributed by atoms with Crippen LogP contribution in [0, 0.1) is 10.8 Å². The highest BCUT2D eigenvalue weighted by Crippen LogP contribution is 2.49. The molecule has 7 bridgehead atoms. The average Bonchev–Trinajstić information content (AvgIpc) is 3.50. The first-order chi connectivity index (χ1) is 27.8. The molecule has 0 spiro atoms. The Hall–Kier alpha value is 0.114. The van der Waals surface area contributed by atoms with Crippen LogP contribution in [-0.2, 0) is 36.0 Å². The molecule has 0 aromatic heterocycles. The molecule has 0 aromatic carbocycles. The summed E-state index contributed by atoms with van der Waals surface area (Å²) in [5.41, 5.74) is 0.475. The second-order valence-electron chi connectivity index (χ2n) is 21.0. The Morgan fingerprint density at radius 2 is 1.14 bits per heavy atom. The predicted octanol–water partition coefficient (Wildman–Crippen LogP) is 13.3. The Balaban J connectivity index is 1.61. The quantitative estimate of drug-likeness (QED) is 0.0702. The van der Waals surface area contributed by atoms with Gasteiger partial charge in [-0.15, -0.1) is 0 Å². The molecule has 11 unspecified atom stereocenters. The second-order valence-corrected chi connectivity index (χ2v) is 26.3. The van der Waals surface area contributed by atoms with Gasteiger partial charge in [0.2, 0.25) is 0 Å². The molecule has 58 heavy (non-hydrogen) atoms. The number of rotatable bonds is 24.